The fourth-order valence-electron chi connectivity index (χ4n) is 3.28. The van der Waals surface area contributed by atoms with Crippen LogP contribution in [0.4, 0.5) is 9.18 Å². The van der Waals surface area contributed by atoms with Crippen LogP contribution in [0.2, 0.25) is 0 Å². The molecule has 0 spiro atoms. The highest BCUT2D eigenvalue weighted by Gasteiger charge is 2.37. The fourth-order valence-corrected chi connectivity index (χ4v) is 3.28. The number of carbonyl (C=O) groups excluding carboxylic acids is 3. The van der Waals surface area contributed by atoms with Crippen LogP contribution >= 0.6 is 0 Å². The third kappa shape index (κ3) is 3.39. The molecule has 1 aromatic rings. The second kappa shape index (κ2) is 6.98. The summed E-state index contributed by atoms with van der Waals surface area (Å²) in [6.45, 7) is 1.08. The summed E-state index contributed by atoms with van der Waals surface area (Å²) in [6.07, 6.45) is 1.81. The molecule has 0 aliphatic carbocycles. The third-order valence-corrected chi connectivity index (χ3v) is 4.63. The molecule has 2 aliphatic rings. The van der Waals surface area contributed by atoms with Gasteiger partial charge in [-0.05, 0) is 30.9 Å². The molecular formula is C17H20FN3O3. The number of nitrogens with one attached hydrogen (secondary N) is 1. The Morgan fingerprint density at radius 1 is 1.21 bits per heavy atom. The first-order valence-electron chi connectivity index (χ1n) is 8.17. The van der Waals surface area contributed by atoms with E-state index >= 15 is 0 Å². The molecule has 0 bridgehead atoms. The topological polar surface area (TPSA) is 69.7 Å². The van der Waals surface area contributed by atoms with Crippen molar-refractivity contribution < 1.29 is 18.8 Å². The Labute approximate surface area is 139 Å². The average Bonchev–Trinajstić information content (AvgIpc) is 2.93. The van der Waals surface area contributed by atoms with Crippen LogP contribution < -0.4 is 5.32 Å². The number of rotatable bonds is 4. The summed E-state index contributed by atoms with van der Waals surface area (Å²) in [5.74, 6) is -0.513. The predicted octanol–water partition coefficient (Wildman–Crippen LogP) is 1.30. The molecule has 7 heteroatoms. The van der Waals surface area contributed by atoms with Crippen LogP contribution in [0.3, 0.4) is 0 Å². The number of amides is 4. The number of aryl methyl sites for hydroxylation is 1. The van der Waals surface area contributed by atoms with Gasteiger partial charge in [0, 0.05) is 25.6 Å². The van der Waals surface area contributed by atoms with E-state index in [0.717, 1.165) is 0 Å². The van der Waals surface area contributed by atoms with Gasteiger partial charge in [-0.25, -0.2) is 9.18 Å². The molecule has 3 rings (SSSR count). The maximum absolute atomic E-state index is 13.6. The Hall–Kier alpha value is -2.44. The molecule has 0 radical (unpaired) electrons. The summed E-state index contributed by atoms with van der Waals surface area (Å²) < 4.78 is 13.6. The molecule has 0 saturated carbocycles. The van der Waals surface area contributed by atoms with Crippen molar-refractivity contribution >= 4 is 17.8 Å². The van der Waals surface area contributed by atoms with Crippen LogP contribution in [-0.4, -0.2) is 53.3 Å². The fraction of sp³-hybridized carbons (Fsp3) is 0.471. The molecule has 1 aromatic carbocycles. The maximum Gasteiger partial charge on any atom is 0.324 e. The minimum absolute atomic E-state index is 0.0195. The number of imide groups is 1. The van der Waals surface area contributed by atoms with E-state index in [-0.39, 0.29) is 42.7 Å². The highest BCUT2D eigenvalue weighted by atomic mass is 19.1. The van der Waals surface area contributed by atoms with Gasteiger partial charge in [-0.3, -0.25) is 14.5 Å². The first kappa shape index (κ1) is 16.4. The van der Waals surface area contributed by atoms with Crippen molar-refractivity contribution in [1.29, 1.82) is 0 Å². The lowest BCUT2D eigenvalue weighted by Crippen LogP contribution is -2.49. The molecule has 0 atom stereocenters. The Balaban J connectivity index is 1.49. The Bertz CT molecular complexity index is 640. The summed E-state index contributed by atoms with van der Waals surface area (Å²) in [5.41, 5.74) is 0.542. The molecule has 4 amide bonds. The quantitative estimate of drug-likeness (QED) is 0.845. The number of urea groups is 1. The molecule has 0 aromatic heterocycles. The summed E-state index contributed by atoms with van der Waals surface area (Å²) in [5, 5.41) is 2.52. The monoisotopic (exact) mass is 333 g/mol. The number of hydrogen-bond donors (Lipinski definition) is 1. The average molecular weight is 333 g/mol. The van der Waals surface area contributed by atoms with Crippen molar-refractivity contribution in [1.82, 2.24) is 15.1 Å². The van der Waals surface area contributed by atoms with Gasteiger partial charge in [-0.15, -0.1) is 0 Å². The summed E-state index contributed by atoms with van der Waals surface area (Å²) in [4.78, 5) is 38.7. The summed E-state index contributed by atoms with van der Waals surface area (Å²) >= 11 is 0. The van der Waals surface area contributed by atoms with Crippen molar-refractivity contribution in [3.8, 4) is 0 Å². The third-order valence-electron chi connectivity index (χ3n) is 4.63. The van der Waals surface area contributed by atoms with E-state index in [1.165, 1.54) is 11.0 Å². The standard InChI is InChI=1S/C17H20FN3O3/c18-14-4-2-1-3-12(14)5-6-15(22)20-9-7-13(8-10-20)21-16(23)11-19-17(21)24/h1-4,13H,5-11H2,(H,19,24). The molecule has 0 unspecified atom stereocenters. The van der Waals surface area contributed by atoms with E-state index in [0.29, 0.717) is 37.9 Å². The van der Waals surface area contributed by atoms with E-state index in [1.807, 2.05) is 0 Å². The van der Waals surface area contributed by atoms with Gasteiger partial charge >= 0.3 is 6.03 Å². The summed E-state index contributed by atoms with van der Waals surface area (Å²) in [7, 11) is 0. The number of benzene rings is 1. The molecule has 2 heterocycles. The molecule has 128 valence electrons. The highest BCUT2D eigenvalue weighted by Crippen LogP contribution is 2.20. The van der Waals surface area contributed by atoms with Gasteiger partial charge in [-0.1, -0.05) is 18.2 Å². The zero-order valence-electron chi connectivity index (χ0n) is 13.3. The molecule has 24 heavy (non-hydrogen) atoms. The lowest BCUT2D eigenvalue weighted by atomic mass is 10.0. The minimum Gasteiger partial charge on any atom is -0.343 e. The first-order chi connectivity index (χ1) is 11.6. The number of hydrogen-bond acceptors (Lipinski definition) is 3. The molecule has 2 aliphatic heterocycles. The van der Waals surface area contributed by atoms with Crippen molar-refractivity contribution in [3.63, 3.8) is 0 Å². The van der Waals surface area contributed by atoms with Crippen molar-refractivity contribution in [2.75, 3.05) is 19.6 Å². The predicted molar refractivity (Wildman–Crippen MR) is 84.6 cm³/mol. The lowest BCUT2D eigenvalue weighted by Gasteiger charge is -2.35. The van der Waals surface area contributed by atoms with Crippen LogP contribution in [0.15, 0.2) is 24.3 Å². The van der Waals surface area contributed by atoms with Crippen LogP contribution in [-0.2, 0) is 16.0 Å². The number of carbonyl (C=O) groups is 3. The highest BCUT2D eigenvalue weighted by molar-refractivity contribution is 6.02. The Morgan fingerprint density at radius 3 is 2.54 bits per heavy atom. The van der Waals surface area contributed by atoms with Crippen molar-refractivity contribution in [2.45, 2.75) is 31.7 Å². The van der Waals surface area contributed by atoms with E-state index in [4.69, 9.17) is 0 Å². The largest absolute Gasteiger partial charge is 0.343 e. The van der Waals surface area contributed by atoms with Gasteiger partial charge in [0.25, 0.3) is 0 Å². The second-order valence-corrected chi connectivity index (χ2v) is 6.13. The van der Waals surface area contributed by atoms with Crippen LogP contribution in [0.25, 0.3) is 0 Å². The van der Waals surface area contributed by atoms with E-state index < -0.39 is 0 Å². The van der Waals surface area contributed by atoms with Gasteiger partial charge in [0.15, 0.2) is 0 Å². The van der Waals surface area contributed by atoms with Crippen LogP contribution in [0.5, 0.6) is 0 Å². The van der Waals surface area contributed by atoms with Gasteiger partial charge < -0.3 is 10.2 Å². The van der Waals surface area contributed by atoms with Gasteiger partial charge in [0.1, 0.15) is 5.82 Å². The van der Waals surface area contributed by atoms with E-state index in [2.05, 4.69) is 5.32 Å². The maximum atomic E-state index is 13.6. The molecule has 2 fully saturated rings. The number of halogens is 1. The zero-order valence-corrected chi connectivity index (χ0v) is 13.3. The van der Waals surface area contributed by atoms with Gasteiger partial charge in [-0.2, -0.15) is 0 Å². The number of nitrogens with zero attached hydrogens (tertiary/aromatic N) is 2. The number of piperidine rings is 1. The van der Waals surface area contributed by atoms with E-state index in [1.54, 1.807) is 23.1 Å². The Kier molecular flexibility index (Phi) is 4.78. The zero-order chi connectivity index (χ0) is 17.1. The van der Waals surface area contributed by atoms with E-state index in [9.17, 15) is 18.8 Å². The summed E-state index contributed by atoms with van der Waals surface area (Å²) in [6, 6.07) is 5.98. The first-order valence-corrected chi connectivity index (χ1v) is 8.17. The van der Waals surface area contributed by atoms with Crippen molar-refractivity contribution in [2.24, 2.45) is 0 Å². The molecule has 6 nitrogen and oxygen atoms in total. The smallest absolute Gasteiger partial charge is 0.324 e. The van der Waals surface area contributed by atoms with Crippen LogP contribution in [0.1, 0.15) is 24.8 Å². The van der Waals surface area contributed by atoms with Gasteiger partial charge in [0.2, 0.25) is 11.8 Å². The Morgan fingerprint density at radius 2 is 1.92 bits per heavy atom. The minimum atomic E-state index is -0.343. The van der Waals surface area contributed by atoms with Crippen LogP contribution in [0, 0.1) is 5.82 Å². The second-order valence-electron chi connectivity index (χ2n) is 6.13. The van der Waals surface area contributed by atoms with Crippen molar-refractivity contribution in [3.05, 3.63) is 35.6 Å². The number of likely N-dealkylation sites (tertiary alicyclic amines) is 1. The molecular weight excluding hydrogens is 313 g/mol. The SMILES string of the molecule is O=C(CCc1ccccc1F)N1CCC(N2C(=O)CNC2=O)CC1. The normalized spacial score (nSPS) is 18.9. The van der Waals surface area contributed by atoms with Gasteiger partial charge in [0.05, 0.1) is 6.54 Å². The lowest BCUT2D eigenvalue weighted by molar-refractivity contribution is -0.133. The molecule has 1 N–H and O–H groups in total. The molecule has 2 saturated heterocycles.